The smallest absolute Gasteiger partial charge is 0.210 e. The molecule has 1 aromatic carbocycles. The lowest BCUT2D eigenvalue weighted by Crippen LogP contribution is -2.11. The lowest BCUT2D eigenvalue weighted by atomic mass is 10.2. The summed E-state index contributed by atoms with van der Waals surface area (Å²) in [4.78, 5) is 4.43. The number of aryl methyl sites for hydroxylation is 1. The van der Waals surface area contributed by atoms with Gasteiger partial charge >= 0.3 is 0 Å². The standard InChI is InChI=1S/C17H14ClN5OS/c1-10-13(6-7-24-10)16-21-22-17(23(16)19)25-9-12-8-11-4-2-3-5-14(11)20-15(12)18/h2-8H,9,19H2,1H3. The van der Waals surface area contributed by atoms with E-state index in [-0.39, 0.29) is 0 Å². The van der Waals surface area contributed by atoms with Gasteiger partial charge in [-0.05, 0) is 25.1 Å². The molecule has 0 amide bonds. The SMILES string of the molecule is Cc1occc1-c1nnc(SCc2cc3ccccc3nc2Cl)n1N. The molecule has 0 saturated heterocycles. The van der Waals surface area contributed by atoms with E-state index in [0.717, 1.165) is 27.8 Å². The van der Waals surface area contributed by atoms with Crippen LogP contribution in [0.2, 0.25) is 5.15 Å². The molecule has 4 aromatic rings. The van der Waals surface area contributed by atoms with Gasteiger partial charge in [-0.2, -0.15) is 0 Å². The number of halogens is 1. The van der Waals surface area contributed by atoms with Gasteiger partial charge in [-0.3, -0.25) is 0 Å². The van der Waals surface area contributed by atoms with Gasteiger partial charge in [-0.15, -0.1) is 10.2 Å². The third-order valence-electron chi connectivity index (χ3n) is 3.87. The Labute approximate surface area is 153 Å². The quantitative estimate of drug-likeness (QED) is 0.331. The zero-order chi connectivity index (χ0) is 17.4. The number of benzene rings is 1. The van der Waals surface area contributed by atoms with Gasteiger partial charge in [0.1, 0.15) is 10.9 Å². The Morgan fingerprint density at radius 2 is 2.08 bits per heavy atom. The fourth-order valence-electron chi connectivity index (χ4n) is 2.56. The van der Waals surface area contributed by atoms with Crippen LogP contribution in [0, 0.1) is 6.92 Å². The van der Waals surface area contributed by atoms with Crippen LogP contribution in [0.25, 0.3) is 22.3 Å². The number of furan rings is 1. The molecule has 0 atom stereocenters. The number of nitrogen functional groups attached to an aromatic ring is 1. The predicted octanol–water partition coefficient (Wildman–Crippen LogP) is 4.05. The fourth-order valence-corrected chi connectivity index (χ4v) is 3.68. The van der Waals surface area contributed by atoms with Gasteiger partial charge in [0, 0.05) is 16.7 Å². The summed E-state index contributed by atoms with van der Waals surface area (Å²) in [5.41, 5.74) is 2.63. The lowest BCUT2D eigenvalue weighted by Gasteiger charge is -2.06. The summed E-state index contributed by atoms with van der Waals surface area (Å²) in [6.07, 6.45) is 1.60. The van der Waals surface area contributed by atoms with Crippen LogP contribution in [-0.2, 0) is 5.75 Å². The molecule has 3 aromatic heterocycles. The first kappa shape index (κ1) is 16.0. The highest BCUT2D eigenvalue weighted by Gasteiger charge is 2.16. The number of rotatable bonds is 4. The minimum atomic E-state index is 0.486. The zero-order valence-corrected chi connectivity index (χ0v) is 14.9. The molecular formula is C17H14ClN5OS. The van der Waals surface area contributed by atoms with Crippen LogP contribution in [0.1, 0.15) is 11.3 Å². The van der Waals surface area contributed by atoms with Crippen LogP contribution in [0.5, 0.6) is 0 Å². The van der Waals surface area contributed by atoms with E-state index < -0.39 is 0 Å². The number of pyridine rings is 1. The van der Waals surface area contributed by atoms with E-state index in [0.29, 0.717) is 21.9 Å². The van der Waals surface area contributed by atoms with Gasteiger partial charge in [0.25, 0.3) is 0 Å². The number of para-hydroxylation sites is 1. The van der Waals surface area contributed by atoms with Crippen LogP contribution in [0.3, 0.4) is 0 Å². The topological polar surface area (TPSA) is 82.8 Å². The van der Waals surface area contributed by atoms with E-state index in [4.69, 9.17) is 21.9 Å². The highest BCUT2D eigenvalue weighted by atomic mass is 35.5. The number of fused-ring (bicyclic) bond motifs is 1. The Hall–Kier alpha value is -2.51. The summed E-state index contributed by atoms with van der Waals surface area (Å²) in [7, 11) is 0. The van der Waals surface area contributed by atoms with Gasteiger partial charge in [-0.1, -0.05) is 41.6 Å². The molecule has 2 N–H and O–H groups in total. The van der Waals surface area contributed by atoms with Crippen molar-refractivity contribution in [1.82, 2.24) is 19.9 Å². The van der Waals surface area contributed by atoms with Crippen LogP contribution >= 0.6 is 23.4 Å². The first-order chi connectivity index (χ1) is 12.1. The Kier molecular flexibility index (Phi) is 4.10. The van der Waals surface area contributed by atoms with Crippen molar-refractivity contribution in [1.29, 1.82) is 0 Å². The molecule has 0 aliphatic heterocycles. The monoisotopic (exact) mass is 371 g/mol. The van der Waals surface area contributed by atoms with E-state index >= 15 is 0 Å². The molecular weight excluding hydrogens is 358 g/mol. The Bertz CT molecular complexity index is 1060. The third kappa shape index (κ3) is 2.96. The van der Waals surface area contributed by atoms with E-state index in [9.17, 15) is 0 Å². The molecule has 8 heteroatoms. The minimum Gasteiger partial charge on any atom is -0.469 e. The van der Waals surface area contributed by atoms with Crippen LogP contribution < -0.4 is 5.84 Å². The first-order valence-corrected chi connectivity index (χ1v) is 8.92. The molecule has 0 unspecified atom stereocenters. The second kappa shape index (κ2) is 6.42. The molecule has 0 saturated carbocycles. The van der Waals surface area contributed by atoms with E-state index in [1.807, 2.05) is 43.3 Å². The molecule has 25 heavy (non-hydrogen) atoms. The fraction of sp³-hybridized carbons (Fsp3) is 0.118. The average Bonchev–Trinajstić information content (AvgIpc) is 3.18. The number of nitrogens with zero attached hydrogens (tertiary/aromatic N) is 4. The highest BCUT2D eigenvalue weighted by Crippen LogP contribution is 2.29. The van der Waals surface area contributed by atoms with Crippen molar-refractivity contribution in [2.45, 2.75) is 17.8 Å². The lowest BCUT2D eigenvalue weighted by molar-refractivity contribution is 0.535. The summed E-state index contributed by atoms with van der Waals surface area (Å²) < 4.78 is 6.76. The van der Waals surface area contributed by atoms with Crippen molar-refractivity contribution in [3.05, 3.63) is 59.1 Å². The molecule has 126 valence electrons. The van der Waals surface area contributed by atoms with Gasteiger partial charge in [-0.25, -0.2) is 9.66 Å². The molecule has 0 aliphatic rings. The van der Waals surface area contributed by atoms with Gasteiger partial charge in [0.15, 0.2) is 5.82 Å². The zero-order valence-electron chi connectivity index (χ0n) is 13.3. The van der Waals surface area contributed by atoms with Crippen molar-refractivity contribution in [2.24, 2.45) is 0 Å². The summed E-state index contributed by atoms with van der Waals surface area (Å²) in [5.74, 6) is 8.04. The first-order valence-electron chi connectivity index (χ1n) is 7.55. The van der Waals surface area contributed by atoms with Crippen LogP contribution in [0.4, 0.5) is 0 Å². The Morgan fingerprint density at radius 1 is 1.24 bits per heavy atom. The molecule has 3 heterocycles. The predicted molar refractivity (Wildman–Crippen MR) is 98.9 cm³/mol. The summed E-state index contributed by atoms with van der Waals surface area (Å²) in [6, 6.07) is 11.7. The molecule has 4 rings (SSSR count). The number of thioether (sulfide) groups is 1. The highest BCUT2D eigenvalue weighted by molar-refractivity contribution is 7.98. The maximum Gasteiger partial charge on any atom is 0.210 e. The van der Waals surface area contributed by atoms with Gasteiger partial charge in [0.05, 0.1) is 17.3 Å². The van der Waals surface area contributed by atoms with E-state index in [1.165, 1.54) is 16.4 Å². The minimum absolute atomic E-state index is 0.486. The van der Waals surface area contributed by atoms with Crippen molar-refractivity contribution in [2.75, 3.05) is 5.84 Å². The molecule has 6 nitrogen and oxygen atoms in total. The van der Waals surface area contributed by atoms with Gasteiger partial charge in [0.2, 0.25) is 5.16 Å². The summed E-state index contributed by atoms with van der Waals surface area (Å²) >= 11 is 7.76. The van der Waals surface area contributed by atoms with Crippen molar-refractivity contribution in [3.63, 3.8) is 0 Å². The molecule has 0 bridgehead atoms. The van der Waals surface area contributed by atoms with Crippen LogP contribution in [0.15, 0.2) is 52.2 Å². The Balaban J connectivity index is 1.59. The number of aromatic nitrogens is 4. The summed E-state index contributed by atoms with van der Waals surface area (Å²) in [5, 5.41) is 10.5. The van der Waals surface area contributed by atoms with E-state index in [1.54, 1.807) is 6.26 Å². The van der Waals surface area contributed by atoms with Crippen molar-refractivity contribution in [3.8, 4) is 11.4 Å². The maximum atomic E-state index is 6.31. The third-order valence-corrected chi connectivity index (χ3v) is 5.19. The number of hydrogen-bond donors (Lipinski definition) is 1. The number of nitrogens with two attached hydrogens (primary N) is 1. The largest absolute Gasteiger partial charge is 0.469 e. The van der Waals surface area contributed by atoms with Gasteiger partial charge < -0.3 is 10.3 Å². The second-order valence-electron chi connectivity index (χ2n) is 5.49. The molecule has 0 fully saturated rings. The number of hydrogen-bond acceptors (Lipinski definition) is 6. The molecule has 0 spiro atoms. The van der Waals surface area contributed by atoms with Crippen molar-refractivity contribution >= 4 is 34.3 Å². The molecule has 0 aliphatic carbocycles. The van der Waals surface area contributed by atoms with E-state index in [2.05, 4.69) is 15.2 Å². The average molecular weight is 372 g/mol. The van der Waals surface area contributed by atoms with Crippen molar-refractivity contribution < 1.29 is 4.42 Å². The Morgan fingerprint density at radius 3 is 2.88 bits per heavy atom. The molecule has 0 radical (unpaired) electrons. The summed E-state index contributed by atoms with van der Waals surface area (Å²) in [6.45, 7) is 1.86. The maximum absolute atomic E-state index is 6.31. The van der Waals surface area contributed by atoms with Crippen LogP contribution in [-0.4, -0.2) is 19.9 Å². The normalized spacial score (nSPS) is 11.3. The second-order valence-corrected chi connectivity index (χ2v) is 6.79.